The van der Waals surface area contributed by atoms with Crippen molar-refractivity contribution < 1.29 is 34.1 Å². The zero-order valence-electron chi connectivity index (χ0n) is 20.2. The van der Waals surface area contributed by atoms with E-state index < -0.39 is 42.1 Å². The minimum absolute atomic E-state index is 0.0366. The van der Waals surface area contributed by atoms with E-state index in [4.69, 9.17) is 4.74 Å². The van der Waals surface area contributed by atoms with Gasteiger partial charge in [-0.25, -0.2) is 9.59 Å². The number of fused-ring (bicyclic) bond motifs is 3. The third-order valence-corrected chi connectivity index (χ3v) is 7.43. The number of amides is 3. The second-order valence-electron chi connectivity index (χ2n) is 9.66. The Morgan fingerprint density at radius 1 is 0.946 bits per heavy atom. The highest BCUT2D eigenvalue weighted by atomic mass is 16.5. The molecule has 194 valence electrons. The standard InChI is InChI=1S/C27H29N3O7/c31-16-12-23(26(34)35)30(14-16)25(33)22-10-5-11-29(22)24(32)13-28-27(36)37-15-21-19-8-3-1-6-17(19)18-7-2-4-9-20(18)21/h1-4,6-9,16,21-23,31H,5,10-15H2,(H,28,36)(H,34,35)/t16-,22+,23+/m1/s1. The van der Waals surface area contributed by atoms with Gasteiger partial charge in [0.1, 0.15) is 25.2 Å². The Bertz CT molecular complexity index is 1190. The maximum atomic E-state index is 13.1. The van der Waals surface area contributed by atoms with E-state index in [0.29, 0.717) is 19.4 Å². The molecule has 0 radical (unpaired) electrons. The molecule has 3 N–H and O–H groups in total. The van der Waals surface area contributed by atoms with E-state index in [1.165, 1.54) is 4.90 Å². The molecule has 0 saturated carbocycles. The molecule has 3 atom stereocenters. The first-order valence-electron chi connectivity index (χ1n) is 12.4. The van der Waals surface area contributed by atoms with Gasteiger partial charge in [0.25, 0.3) is 0 Å². The molecule has 2 fully saturated rings. The lowest BCUT2D eigenvalue weighted by Crippen LogP contribution is -2.52. The predicted octanol–water partition coefficient (Wildman–Crippen LogP) is 1.56. The van der Waals surface area contributed by atoms with E-state index in [2.05, 4.69) is 5.32 Å². The van der Waals surface area contributed by atoms with Crippen LogP contribution in [0.3, 0.4) is 0 Å². The molecule has 2 aliphatic heterocycles. The fourth-order valence-electron chi connectivity index (χ4n) is 5.70. The number of nitrogens with one attached hydrogen (secondary N) is 1. The number of ether oxygens (including phenoxy) is 1. The third-order valence-electron chi connectivity index (χ3n) is 7.43. The molecule has 37 heavy (non-hydrogen) atoms. The summed E-state index contributed by atoms with van der Waals surface area (Å²) in [6, 6.07) is 14.0. The summed E-state index contributed by atoms with van der Waals surface area (Å²) < 4.78 is 5.47. The second kappa shape index (κ2) is 10.2. The number of benzene rings is 2. The molecule has 0 spiro atoms. The van der Waals surface area contributed by atoms with Gasteiger partial charge < -0.3 is 30.1 Å². The summed E-state index contributed by atoms with van der Waals surface area (Å²) in [6.45, 7) is 0.0280. The summed E-state index contributed by atoms with van der Waals surface area (Å²) in [5.41, 5.74) is 4.39. The summed E-state index contributed by atoms with van der Waals surface area (Å²) in [5.74, 6) is -2.22. The largest absolute Gasteiger partial charge is 0.480 e. The number of carbonyl (C=O) groups is 4. The van der Waals surface area contributed by atoms with Crippen molar-refractivity contribution in [3.8, 4) is 11.1 Å². The Morgan fingerprint density at radius 2 is 1.59 bits per heavy atom. The van der Waals surface area contributed by atoms with Crippen LogP contribution in [0.15, 0.2) is 48.5 Å². The summed E-state index contributed by atoms with van der Waals surface area (Å²) in [4.78, 5) is 52.4. The molecule has 10 nitrogen and oxygen atoms in total. The third kappa shape index (κ3) is 4.76. The van der Waals surface area contributed by atoms with E-state index >= 15 is 0 Å². The fourth-order valence-corrected chi connectivity index (χ4v) is 5.70. The van der Waals surface area contributed by atoms with E-state index in [0.717, 1.165) is 27.2 Å². The van der Waals surface area contributed by atoms with Crippen molar-refractivity contribution >= 4 is 23.9 Å². The van der Waals surface area contributed by atoms with Gasteiger partial charge >= 0.3 is 12.1 Å². The van der Waals surface area contributed by atoms with Gasteiger partial charge in [0.2, 0.25) is 11.8 Å². The van der Waals surface area contributed by atoms with E-state index in [1.54, 1.807) is 0 Å². The quantitative estimate of drug-likeness (QED) is 0.540. The Morgan fingerprint density at radius 3 is 2.24 bits per heavy atom. The van der Waals surface area contributed by atoms with Gasteiger partial charge in [0.15, 0.2) is 0 Å². The molecule has 0 bridgehead atoms. The number of aliphatic hydroxyl groups is 1. The number of hydrogen-bond acceptors (Lipinski definition) is 6. The monoisotopic (exact) mass is 507 g/mol. The predicted molar refractivity (Wildman–Crippen MR) is 132 cm³/mol. The molecule has 3 amide bonds. The molecule has 3 aliphatic rings. The molecule has 1 aliphatic carbocycles. The smallest absolute Gasteiger partial charge is 0.407 e. The minimum Gasteiger partial charge on any atom is -0.480 e. The number of aliphatic carboxylic acids is 1. The zero-order chi connectivity index (χ0) is 26.1. The van der Waals surface area contributed by atoms with E-state index in [-0.39, 0.29) is 32.0 Å². The molecule has 2 aromatic rings. The van der Waals surface area contributed by atoms with Crippen molar-refractivity contribution in [3.05, 3.63) is 59.7 Å². The number of alkyl carbamates (subject to hydrolysis) is 1. The first-order chi connectivity index (χ1) is 17.8. The summed E-state index contributed by atoms with van der Waals surface area (Å²) >= 11 is 0. The molecule has 5 rings (SSSR count). The number of aliphatic hydroxyl groups excluding tert-OH is 1. The first-order valence-corrected chi connectivity index (χ1v) is 12.4. The lowest BCUT2D eigenvalue weighted by Gasteiger charge is -2.30. The number of carboxylic acid groups (broad SMARTS) is 1. The van der Waals surface area contributed by atoms with Gasteiger partial charge in [-0.3, -0.25) is 9.59 Å². The van der Waals surface area contributed by atoms with Crippen molar-refractivity contribution in [1.82, 2.24) is 15.1 Å². The Hall–Kier alpha value is -3.92. The lowest BCUT2D eigenvalue weighted by atomic mass is 9.98. The molecule has 10 heteroatoms. The molecule has 2 aromatic carbocycles. The average molecular weight is 508 g/mol. The van der Waals surface area contributed by atoms with Crippen LogP contribution in [0.25, 0.3) is 11.1 Å². The van der Waals surface area contributed by atoms with Crippen LogP contribution in [-0.2, 0) is 19.1 Å². The fraction of sp³-hybridized carbons (Fsp3) is 0.407. The van der Waals surface area contributed by atoms with Gasteiger partial charge in [0.05, 0.1) is 6.10 Å². The summed E-state index contributed by atoms with van der Waals surface area (Å²) in [5, 5.41) is 21.8. The number of rotatable bonds is 6. The lowest BCUT2D eigenvalue weighted by molar-refractivity contribution is -0.151. The van der Waals surface area contributed by atoms with Gasteiger partial charge in [-0.2, -0.15) is 0 Å². The minimum atomic E-state index is -1.18. The normalized spacial score (nSPS) is 22.5. The van der Waals surface area contributed by atoms with Crippen molar-refractivity contribution in [2.75, 3.05) is 26.2 Å². The highest BCUT2D eigenvalue weighted by molar-refractivity contribution is 5.92. The van der Waals surface area contributed by atoms with Crippen molar-refractivity contribution in [1.29, 1.82) is 0 Å². The topological polar surface area (TPSA) is 136 Å². The molecule has 2 saturated heterocycles. The van der Waals surface area contributed by atoms with Crippen LogP contribution in [0.2, 0.25) is 0 Å². The van der Waals surface area contributed by atoms with Crippen LogP contribution < -0.4 is 5.32 Å². The Labute approximate surface area is 213 Å². The van der Waals surface area contributed by atoms with Crippen LogP contribution >= 0.6 is 0 Å². The summed E-state index contributed by atoms with van der Waals surface area (Å²) in [7, 11) is 0. The van der Waals surface area contributed by atoms with Gasteiger partial charge in [-0.05, 0) is 35.1 Å². The maximum Gasteiger partial charge on any atom is 0.407 e. The van der Waals surface area contributed by atoms with Crippen LogP contribution in [0.4, 0.5) is 4.79 Å². The number of hydrogen-bond donors (Lipinski definition) is 3. The van der Waals surface area contributed by atoms with Gasteiger partial charge in [-0.15, -0.1) is 0 Å². The van der Waals surface area contributed by atoms with Crippen LogP contribution in [0.1, 0.15) is 36.3 Å². The average Bonchev–Trinajstić information content (AvgIpc) is 3.61. The zero-order valence-corrected chi connectivity index (χ0v) is 20.2. The molecule has 0 aromatic heterocycles. The van der Waals surface area contributed by atoms with Gasteiger partial charge in [0, 0.05) is 25.4 Å². The van der Waals surface area contributed by atoms with Crippen LogP contribution in [-0.4, -0.2) is 88.3 Å². The number of carbonyl (C=O) groups excluding carboxylic acids is 3. The second-order valence-corrected chi connectivity index (χ2v) is 9.66. The molecule has 0 unspecified atom stereocenters. The highest BCUT2D eigenvalue weighted by Gasteiger charge is 2.44. The first kappa shape index (κ1) is 24.8. The van der Waals surface area contributed by atoms with E-state index in [9.17, 15) is 29.4 Å². The van der Waals surface area contributed by atoms with Crippen molar-refractivity contribution in [3.63, 3.8) is 0 Å². The Balaban J connectivity index is 1.16. The highest BCUT2D eigenvalue weighted by Crippen LogP contribution is 2.44. The number of carboxylic acids is 1. The number of β-amino-alcohol motifs (C(OH)–C–C–N with tert-alkyl or cyclic N) is 1. The summed E-state index contributed by atoms with van der Waals surface area (Å²) in [6.07, 6.45) is -0.697. The molecule has 2 heterocycles. The Kier molecular flexibility index (Phi) is 6.84. The van der Waals surface area contributed by atoms with Gasteiger partial charge in [-0.1, -0.05) is 48.5 Å². The number of likely N-dealkylation sites (tertiary alicyclic amines) is 2. The van der Waals surface area contributed by atoms with Crippen molar-refractivity contribution in [2.24, 2.45) is 0 Å². The maximum absolute atomic E-state index is 13.1. The molecular formula is C27H29N3O7. The molecular weight excluding hydrogens is 478 g/mol. The SMILES string of the molecule is O=C(NCC(=O)N1CCC[C@H]1C(=O)N1C[C@H](O)C[C@H]1C(=O)O)OCC1c2ccccc2-c2ccccc21. The van der Waals surface area contributed by atoms with E-state index in [1.807, 2.05) is 48.5 Å². The van der Waals surface area contributed by atoms with Crippen molar-refractivity contribution in [2.45, 2.75) is 43.4 Å². The number of nitrogens with zero attached hydrogens (tertiary/aromatic N) is 2. The van der Waals surface area contributed by atoms with Crippen LogP contribution in [0.5, 0.6) is 0 Å². The van der Waals surface area contributed by atoms with Crippen LogP contribution in [0, 0.1) is 0 Å².